The number of nitrogens with one attached hydrogen (secondary N) is 2. The van der Waals surface area contributed by atoms with Gasteiger partial charge >= 0.3 is 0 Å². The van der Waals surface area contributed by atoms with Crippen molar-refractivity contribution in [1.29, 1.82) is 0 Å². The smallest absolute Gasteiger partial charge is 0.276 e. The summed E-state index contributed by atoms with van der Waals surface area (Å²) in [6.07, 6.45) is 2.87. The zero-order valence-corrected chi connectivity index (χ0v) is 13.9. The number of hydrogen-bond donors (Lipinski definition) is 2. The molecule has 0 bridgehead atoms. The number of aromatic nitrogens is 2. The number of aryl methyl sites for hydroxylation is 1. The molecule has 1 amide bonds. The second kappa shape index (κ2) is 7.40. The number of carbonyl (C=O) groups is 1. The van der Waals surface area contributed by atoms with Crippen molar-refractivity contribution in [3.05, 3.63) is 69.4 Å². The van der Waals surface area contributed by atoms with Gasteiger partial charge in [0.05, 0.1) is 0 Å². The van der Waals surface area contributed by atoms with Gasteiger partial charge in [0.1, 0.15) is 11.5 Å². The number of rotatable bonds is 4. The molecule has 130 valence electrons. The number of amides is 1. The molecular weight excluding hydrogens is 323 g/mol. The molecule has 1 aromatic carbocycles. The summed E-state index contributed by atoms with van der Waals surface area (Å²) in [6.45, 7) is 3.65. The standard InChI is InChI=1S/C18H19FN4O2/c1-12-10-16(24)17(18(25)21-11-13-6-8-20-9-7-13)22-23(12)15-5-3-2-4-14(15)19/h2-6,10,20H,7-9,11H2,1H3,(H,21,25). The van der Waals surface area contributed by atoms with Crippen molar-refractivity contribution >= 4 is 5.91 Å². The molecule has 1 aromatic heterocycles. The highest BCUT2D eigenvalue weighted by atomic mass is 19.1. The molecule has 1 aliphatic heterocycles. The molecule has 0 spiro atoms. The Balaban J connectivity index is 1.87. The fraction of sp³-hybridized carbons (Fsp3) is 0.278. The Morgan fingerprint density at radius 1 is 1.40 bits per heavy atom. The number of halogens is 1. The zero-order chi connectivity index (χ0) is 17.8. The molecular formula is C18H19FN4O2. The normalized spacial score (nSPS) is 14.1. The van der Waals surface area contributed by atoms with Crippen LogP contribution in [0.5, 0.6) is 0 Å². The second-order valence-electron chi connectivity index (χ2n) is 5.86. The van der Waals surface area contributed by atoms with Gasteiger partial charge in [-0.2, -0.15) is 5.10 Å². The first-order chi connectivity index (χ1) is 12.1. The van der Waals surface area contributed by atoms with E-state index in [-0.39, 0.29) is 11.4 Å². The molecule has 7 heteroatoms. The second-order valence-corrected chi connectivity index (χ2v) is 5.86. The van der Waals surface area contributed by atoms with Gasteiger partial charge in [0.2, 0.25) is 5.43 Å². The SMILES string of the molecule is Cc1cc(=O)c(C(=O)NCC2=CCNCC2)nn1-c1ccccc1F. The van der Waals surface area contributed by atoms with Gasteiger partial charge in [-0.05, 0) is 32.0 Å². The molecule has 0 saturated heterocycles. The minimum absolute atomic E-state index is 0.190. The molecule has 6 nitrogen and oxygen atoms in total. The van der Waals surface area contributed by atoms with Crippen molar-refractivity contribution in [2.24, 2.45) is 0 Å². The Bertz CT molecular complexity index is 889. The largest absolute Gasteiger partial charge is 0.347 e. The predicted molar refractivity (Wildman–Crippen MR) is 92.4 cm³/mol. The van der Waals surface area contributed by atoms with Crippen LogP contribution in [0.1, 0.15) is 22.6 Å². The Hall–Kier alpha value is -2.80. The topological polar surface area (TPSA) is 76.0 Å². The average molecular weight is 342 g/mol. The van der Waals surface area contributed by atoms with E-state index in [1.807, 2.05) is 6.08 Å². The Morgan fingerprint density at radius 3 is 2.92 bits per heavy atom. The first-order valence-corrected chi connectivity index (χ1v) is 8.09. The minimum Gasteiger partial charge on any atom is -0.347 e. The van der Waals surface area contributed by atoms with Crippen molar-refractivity contribution in [3.63, 3.8) is 0 Å². The van der Waals surface area contributed by atoms with E-state index in [1.165, 1.54) is 16.8 Å². The minimum atomic E-state index is -0.561. The third kappa shape index (κ3) is 3.83. The highest BCUT2D eigenvalue weighted by Crippen LogP contribution is 2.13. The van der Waals surface area contributed by atoms with E-state index in [0.717, 1.165) is 25.1 Å². The van der Waals surface area contributed by atoms with Crippen molar-refractivity contribution in [3.8, 4) is 5.69 Å². The van der Waals surface area contributed by atoms with Crippen molar-refractivity contribution in [2.45, 2.75) is 13.3 Å². The molecule has 0 saturated carbocycles. The van der Waals surface area contributed by atoms with Gasteiger partial charge in [0.15, 0.2) is 5.69 Å². The van der Waals surface area contributed by atoms with E-state index in [9.17, 15) is 14.0 Å². The highest BCUT2D eigenvalue weighted by Gasteiger charge is 2.17. The summed E-state index contributed by atoms with van der Waals surface area (Å²) in [5.41, 5.74) is 1.02. The van der Waals surface area contributed by atoms with Crippen LogP contribution in [0, 0.1) is 12.7 Å². The summed E-state index contributed by atoms with van der Waals surface area (Å²) in [4.78, 5) is 24.5. The van der Waals surface area contributed by atoms with Crippen LogP contribution in [0.2, 0.25) is 0 Å². The predicted octanol–water partition coefficient (Wildman–Crippen LogP) is 1.33. The molecule has 2 N–H and O–H groups in total. The lowest BCUT2D eigenvalue weighted by Crippen LogP contribution is -2.34. The summed E-state index contributed by atoms with van der Waals surface area (Å²) < 4.78 is 15.3. The lowest BCUT2D eigenvalue weighted by molar-refractivity contribution is 0.0948. The maximum absolute atomic E-state index is 14.0. The van der Waals surface area contributed by atoms with Crippen molar-refractivity contribution in [2.75, 3.05) is 19.6 Å². The Labute approximate surface area is 144 Å². The fourth-order valence-corrected chi connectivity index (χ4v) is 2.68. The van der Waals surface area contributed by atoms with Gasteiger partial charge in [0.25, 0.3) is 5.91 Å². The van der Waals surface area contributed by atoms with Crippen LogP contribution >= 0.6 is 0 Å². The molecule has 1 aliphatic rings. The molecule has 25 heavy (non-hydrogen) atoms. The van der Waals surface area contributed by atoms with Crippen LogP contribution < -0.4 is 16.1 Å². The molecule has 0 aliphatic carbocycles. The van der Waals surface area contributed by atoms with Gasteiger partial charge in [0, 0.05) is 24.8 Å². The zero-order valence-electron chi connectivity index (χ0n) is 13.9. The third-order valence-corrected chi connectivity index (χ3v) is 4.04. The van der Waals surface area contributed by atoms with Crippen LogP contribution in [0.4, 0.5) is 4.39 Å². The number of para-hydroxylation sites is 1. The van der Waals surface area contributed by atoms with E-state index in [1.54, 1.807) is 25.1 Å². The van der Waals surface area contributed by atoms with Gasteiger partial charge in [-0.15, -0.1) is 0 Å². The maximum Gasteiger partial charge on any atom is 0.276 e. The highest BCUT2D eigenvalue weighted by molar-refractivity contribution is 5.92. The summed E-state index contributed by atoms with van der Waals surface area (Å²) >= 11 is 0. The van der Waals surface area contributed by atoms with E-state index < -0.39 is 17.2 Å². The van der Waals surface area contributed by atoms with E-state index in [2.05, 4.69) is 15.7 Å². The first kappa shape index (κ1) is 17.0. The molecule has 0 unspecified atom stereocenters. The molecule has 2 heterocycles. The van der Waals surface area contributed by atoms with Crippen LogP contribution in [-0.4, -0.2) is 35.3 Å². The van der Waals surface area contributed by atoms with Crippen molar-refractivity contribution in [1.82, 2.24) is 20.4 Å². The summed E-state index contributed by atoms with van der Waals surface area (Å²) in [7, 11) is 0. The summed E-state index contributed by atoms with van der Waals surface area (Å²) in [6, 6.07) is 7.37. The molecule has 3 rings (SSSR count). The molecule has 0 fully saturated rings. The number of carbonyl (C=O) groups excluding carboxylic acids is 1. The molecule has 2 aromatic rings. The monoisotopic (exact) mass is 342 g/mol. The Kier molecular flexibility index (Phi) is 5.04. The summed E-state index contributed by atoms with van der Waals surface area (Å²) in [5, 5.41) is 9.99. The quantitative estimate of drug-likeness (QED) is 0.822. The fourth-order valence-electron chi connectivity index (χ4n) is 2.68. The summed E-state index contributed by atoms with van der Waals surface area (Å²) in [5.74, 6) is -1.04. The van der Waals surface area contributed by atoms with Crippen molar-refractivity contribution < 1.29 is 9.18 Å². The van der Waals surface area contributed by atoms with Gasteiger partial charge in [-0.25, -0.2) is 9.07 Å². The lowest BCUT2D eigenvalue weighted by atomic mass is 10.1. The number of benzene rings is 1. The van der Waals surface area contributed by atoms with Crippen LogP contribution in [0.25, 0.3) is 5.69 Å². The third-order valence-electron chi connectivity index (χ3n) is 4.04. The van der Waals surface area contributed by atoms with Gasteiger partial charge in [-0.1, -0.05) is 23.8 Å². The van der Waals surface area contributed by atoms with Crippen LogP contribution in [-0.2, 0) is 0 Å². The number of nitrogens with zero attached hydrogens (tertiary/aromatic N) is 2. The lowest BCUT2D eigenvalue weighted by Gasteiger charge is -2.15. The van der Waals surface area contributed by atoms with E-state index >= 15 is 0 Å². The van der Waals surface area contributed by atoms with Gasteiger partial charge < -0.3 is 10.6 Å². The molecule has 0 atom stereocenters. The average Bonchev–Trinajstić information content (AvgIpc) is 2.61. The van der Waals surface area contributed by atoms with E-state index in [4.69, 9.17) is 0 Å². The van der Waals surface area contributed by atoms with E-state index in [0.29, 0.717) is 12.2 Å². The van der Waals surface area contributed by atoms with Gasteiger partial charge in [-0.3, -0.25) is 9.59 Å². The number of hydrogen-bond acceptors (Lipinski definition) is 4. The maximum atomic E-state index is 14.0. The van der Waals surface area contributed by atoms with Crippen LogP contribution in [0.15, 0.2) is 46.8 Å². The van der Waals surface area contributed by atoms with Crippen LogP contribution in [0.3, 0.4) is 0 Å². The Morgan fingerprint density at radius 2 is 2.20 bits per heavy atom. The molecule has 0 radical (unpaired) electrons. The first-order valence-electron chi connectivity index (χ1n) is 8.09.